The Morgan fingerprint density at radius 2 is 1.76 bits per heavy atom. The first-order valence-electron chi connectivity index (χ1n) is 6.67. The lowest BCUT2D eigenvalue weighted by Crippen LogP contribution is -2.22. The molecule has 0 aliphatic carbocycles. The van der Waals surface area contributed by atoms with Crippen LogP contribution in [-0.4, -0.2) is 23.4 Å². The molecule has 5 heteroatoms. The Morgan fingerprint density at radius 1 is 1.14 bits per heavy atom. The van der Waals surface area contributed by atoms with E-state index in [0.29, 0.717) is 6.54 Å². The van der Waals surface area contributed by atoms with Gasteiger partial charge in [-0.1, -0.05) is 42.5 Å². The fourth-order valence-corrected chi connectivity index (χ4v) is 2.52. The predicted octanol–water partition coefficient (Wildman–Crippen LogP) is 4.01. The summed E-state index contributed by atoms with van der Waals surface area (Å²) in [6.07, 6.45) is 0. The molecule has 110 valence electrons. The Balaban J connectivity index is 1.94. The van der Waals surface area contributed by atoms with Gasteiger partial charge < -0.3 is 4.90 Å². The molecule has 2 rings (SSSR count). The average Bonchev–Trinajstić information content (AvgIpc) is 2.48. The van der Waals surface area contributed by atoms with Gasteiger partial charge in [-0.05, 0) is 18.2 Å². The monoisotopic (exact) mass is 304 g/mol. The summed E-state index contributed by atoms with van der Waals surface area (Å²) in [6.45, 7) is 1.49. The standard InChI is InChI=1S/C16H17ClN2O2/c1-18(11-13-5-3-2-4-6-13)12-16(17)14-7-9-15(10-8-14)19(20)21/h2-10,16H,11-12H2,1H3. The van der Waals surface area contributed by atoms with E-state index in [9.17, 15) is 10.1 Å². The van der Waals surface area contributed by atoms with Crippen molar-refractivity contribution in [3.8, 4) is 0 Å². The largest absolute Gasteiger partial charge is 0.300 e. The minimum atomic E-state index is -0.408. The van der Waals surface area contributed by atoms with E-state index in [1.54, 1.807) is 12.1 Å². The molecule has 0 amide bonds. The van der Waals surface area contributed by atoms with Gasteiger partial charge in [0.15, 0.2) is 0 Å². The maximum atomic E-state index is 10.6. The quantitative estimate of drug-likeness (QED) is 0.460. The molecule has 0 saturated heterocycles. The van der Waals surface area contributed by atoms with Gasteiger partial charge in [0, 0.05) is 25.2 Å². The Morgan fingerprint density at radius 3 is 2.33 bits per heavy atom. The summed E-state index contributed by atoms with van der Waals surface area (Å²) in [5, 5.41) is 10.4. The van der Waals surface area contributed by atoms with E-state index in [1.165, 1.54) is 17.7 Å². The Hall–Kier alpha value is -1.91. The van der Waals surface area contributed by atoms with Gasteiger partial charge in [-0.3, -0.25) is 10.1 Å². The molecule has 2 aromatic carbocycles. The number of nitro groups is 1. The van der Waals surface area contributed by atoms with E-state index in [-0.39, 0.29) is 11.1 Å². The number of hydrogen-bond acceptors (Lipinski definition) is 3. The smallest absolute Gasteiger partial charge is 0.269 e. The number of alkyl halides is 1. The Labute approximate surface area is 129 Å². The molecule has 0 spiro atoms. The predicted molar refractivity (Wildman–Crippen MR) is 84.5 cm³/mol. The van der Waals surface area contributed by atoms with E-state index >= 15 is 0 Å². The lowest BCUT2D eigenvalue weighted by atomic mass is 10.1. The molecular formula is C16H17ClN2O2. The Bertz CT molecular complexity index is 587. The van der Waals surface area contributed by atoms with Crippen LogP contribution in [0.3, 0.4) is 0 Å². The SMILES string of the molecule is CN(Cc1ccccc1)CC(Cl)c1ccc([N+](=O)[O-])cc1. The number of likely N-dealkylation sites (N-methyl/N-ethyl adjacent to an activating group) is 1. The zero-order valence-electron chi connectivity index (χ0n) is 11.8. The number of rotatable bonds is 6. The van der Waals surface area contributed by atoms with Crippen LogP contribution in [0.5, 0.6) is 0 Å². The highest BCUT2D eigenvalue weighted by Crippen LogP contribution is 2.24. The highest BCUT2D eigenvalue weighted by Gasteiger charge is 2.13. The average molecular weight is 305 g/mol. The molecule has 1 atom stereocenters. The topological polar surface area (TPSA) is 46.4 Å². The van der Waals surface area contributed by atoms with Crippen molar-refractivity contribution in [3.63, 3.8) is 0 Å². The van der Waals surface area contributed by atoms with Gasteiger partial charge in [0.1, 0.15) is 0 Å². The van der Waals surface area contributed by atoms with Gasteiger partial charge in [-0.15, -0.1) is 11.6 Å². The molecule has 4 nitrogen and oxygen atoms in total. The summed E-state index contributed by atoms with van der Waals surface area (Å²) in [5.74, 6) is 0. The highest BCUT2D eigenvalue weighted by molar-refractivity contribution is 6.21. The first-order valence-corrected chi connectivity index (χ1v) is 7.11. The van der Waals surface area contributed by atoms with Crippen molar-refractivity contribution in [1.29, 1.82) is 0 Å². The van der Waals surface area contributed by atoms with Crippen molar-refractivity contribution in [2.75, 3.05) is 13.6 Å². The lowest BCUT2D eigenvalue weighted by Gasteiger charge is -2.20. The normalized spacial score (nSPS) is 12.3. The zero-order chi connectivity index (χ0) is 15.2. The molecule has 0 N–H and O–H groups in total. The molecule has 1 unspecified atom stereocenters. The minimum absolute atomic E-state index is 0.0836. The van der Waals surface area contributed by atoms with Gasteiger partial charge >= 0.3 is 0 Å². The third-order valence-electron chi connectivity index (χ3n) is 3.23. The number of halogens is 1. The van der Waals surface area contributed by atoms with Crippen LogP contribution in [0.4, 0.5) is 5.69 Å². The second-order valence-electron chi connectivity index (χ2n) is 5.00. The van der Waals surface area contributed by atoms with Crippen LogP contribution in [0, 0.1) is 10.1 Å². The molecule has 21 heavy (non-hydrogen) atoms. The maximum Gasteiger partial charge on any atom is 0.269 e. The van der Waals surface area contributed by atoms with Crippen LogP contribution >= 0.6 is 11.6 Å². The molecule has 0 aliphatic rings. The van der Waals surface area contributed by atoms with Crippen molar-refractivity contribution in [2.24, 2.45) is 0 Å². The fraction of sp³-hybridized carbons (Fsp3) is 0.250. The van der Waals surface area contributed by atoms with Crippen LogP contribution in [0.25, 0.3) is 0 Å². The summed E-state index contributed by atoms with van der Waals surface area (Å²) in [6, 6.07) is 16.6. The first-order chi connectivity index (χ1) is 10.1. The third-order valence-corrected chi connectivity index (χ3v) is 3.62. The molecule has 0 fully saturated rings. The van der Waals surface area contributed by atoms with Crippen LogP contribution in [-0.2, 0) is 6.54 Å². The second kappa shape index (κ2) is 7.20. The van der Waals surface area contributed by atoms with Gasteiger partial charge in [0.2, 0.25) is 0 Å². The first kappa shape index (κ1) is 15.5. The summed E-state index contributed by atoms with van der Waals surface area (Å²) in [5.41, 5.74) is 2.20. The Kier molecular flexibility index (Phi) is 5.31. The lowest BCUT2D eigenvalue weighted by molar-refractivity contribution is -0.384. The van der Waals surface area contributed by atoms with Gasteiger partial charge in [0.25, 0.3) is 5.69 Å². The van der Waals surface area contributed by atoms with Crippen molar-refractivity contribution >= 4 is 17.3 Å². The molecule has 0 radical (unpaired) electrons. The van der Waals surface area contributed by atoms with Crippen molar-refractivity contribution < 1.29 is 4.92 Å². The van der Waals surface area contributed by atoms with Crippen LogP contribution in [0.2, 0.25) is 0 Å². The second-order valence-corrected chi connectivity index (χ2v) is 5.53. The van der Waals surface area contributed by atoms with Crippen LogP contribution in [0.1, 0.15) is 16.5 Å². The number of hydrogen-bond donors (Lipinski definition) is 0. The number of nitrogens with zero attached hydrogens (tertiary/aromatic N) is 2. The third kappa shape index (κ3) is 4.55. The fourth-order valence-electron chi connectivity index (χ4n) is 2.14. The van der Waals surface area contributed by atoms with Gasteiger partial charge in [-0.2, -0.15) is 0 Å². The summed E-state index contributed by atoms with van der Waals surface area (Å²) < 4.78 is 0. The van der Waals surface area contributed by atoms with E-state index < -0.39 is 4.92 Å². The maximum absolute atomic E-state index is 10.6. The highest BCUT2D eigenvalue weighted by atomic mass is 35.5. The molecule has 0 bridgehead atoms. The van der Waals surface area contributed by atoms with Crippen molar-refractivity contribution in [2.45, 2.75) is 11.9 Å². The number of nitro benzene ring substituents is 1. The molecule has 0 heterocycles. The van der Waals surface area contributed by atoms with E-state index in [4.69, 9.17) is 11.6 Å². The molecule has 0 saturated carbocycles. The number of non-ortho nitro benzene ring substituents is 1. The van der Waals surface area contributed by atoms with E-state index in [1.807, 2.05) is 25.2 Å². The molecular weight excluding hydrogens is 288 g/mol. The van der Waals surface area contributed by atoms with Gasteiger partial charge in [0.05, 0.1) is 10.3 Å². The molecule has 0 aliphatic heterocycles. The summed E-state index contributed by atoms with van der Waals surface area (Å²) in [7, 11) is 2.01. The minimum Gasteiger partial charge on any atom is -0.300 e. The summed E-state index contributed by atoms with van der Waals surface area (Å²) in [4.78, 5) is 12.4. The van der Waals surface area contributed by atoms with Crippen LogP contribution in [0.15, 0.2) is 54.6 Å². The molecule has 2 aromatic rings. The zero-order valence-corrected chi connectivity index (χ0v) is 12.5. The van der Waals surface area contributed by atoms with Crippen LogP contribution < -0.4 is 0 Å². The summed E-state index contributed by atoms with van der Waals surface area (Å²) >= 11 is 6.39. The van der Waals surface area contributed by atoms with E-state index in [2.05, 4.69) is 17.0 Å². The van der Waals surface area contributed by atoms with Gasteiger partial charge in [-0.25, -0.2) is 0 Å². The van der Waals surface area contributed by atoms with Crippen molar-refractivity contribution in [3.05, 3.63) is 75.8 Å². The van der Waals surface area contributed by atoms with Crippen molar-refractivity contribution in [1.82, 2.24) is 4.90 Å². The molecule has 0 aromatic heterocycles. The number of benzene rings is 2. The van der Waals surface area contributed by atoms with E-state index in [0.717, 1.165) is 12.1 Å².